The summed E-state index contributed by atoms with van der Waals surface area (Å²) in [5.74, 6) is 0.235. The van der Waals surface area contributed by atoms with Gasteiger partial charge in [-0.2, -0.15) is 4.98 Å². The molecule has 2 rings (SSSR count). The molecule has 5 nitrogen and oxygen atoms in total. The molecule has 0 spiro atoms. The molecule has 0 aromatic carbocycles. The molecule has 68 valence electrons. The normalized spacial score (nSPS) is 10.5. The first-order valence-corrected chi connectivity index (χ1v) is 4.35. The number of anilines is 1. The van der Waals surface area contributed by atoms with Crippen LogP contribution in [-0.2, 0) is 0 Å². The first-order chi connectivity index (χ1) is 6.20. The molecule has 3 N–H and O–H groups in total. The second kappa shape index (κ2) is 2.74. The molecular formula is C7H7N3O2S. The Morgan fingerprint density at radius 2 is 2.46 bits per heavy atom. The van der Waals surface area contributed by atoms with Crippen LogP contribution in [0.25, 0.3) is 10.2 Å². The number of aromatic nitrogens is 2. The van der Waals surface area contributed by atoms with E-state index in [1.54, 1.807) is 13.2 Å². The topological polar surface area (TPSA) is 81.0 Å². The summed E-state index contributed by atoms with van der Waals surface area (Å²) in [6.45, 7) is 0. The van der Waals surface area contributed by atoms with Gasteiger partial charge in [0, 0.05) is 6.07 Å². The van der Waals surface area contributed by atoms with Gasteiger partial charge >= 0.3 is 5.69 Å². The summed E-state index contributed by atoms with van der Waals surface area (Å²) in [6.07, 6.45) is 0. The standard InChI is InChI=1S/C7H7N3O2S/c1-12-4-2-3-5(8)9-7(11)10-6(3)13-4/h2H,1H3,(H3,8,9,10,11). The van der Waals surface area contributed by atoms with Crippen molar-refractivity contribution in [1.82, 2.24) is 9.97 Å². The van der Waals surface area contributed by atoms with E-state index >= 15 is 0 Å². The number of nitrogens with one attached hydrogen (secondary N) is 1. The fourth-order valence-corrected chi connectivity index (χ4v) is 1.92. The number of H-pyrrole nitrogens is 1. The van der Waals surface area contributed by atoms with Gasteiger partial charge in [-0.05, 0) is 0 Å². The summed E-state index contributed by atoms with van der Waals surface area (Å²) in [6, 6.07) is 1.75. The molecular weight excluding hydrogens is 190 g/mol. The van der Waals surface area contributed by atoms with Gasteiger partial charge in [0.25, 0.3) is 0 Å². The zero-order valence-electron chi connectivity index (χ0n) is 6.83. The van der Waals surface area contributed by atoms with Crippen molar-refractivity contribution in [3.05, 3.63) is 16.6 Å². The number of hydrogen-bond acceptors (Lipinski definition) is 5. The van der Waals surface area contributed by atoms with Gasteiger partial charge < -0.3 is 10.5 Å². The Morgan fingerprint density at radius 1 is 1.69 bits per heavy atom. The maximum absolute atomic E-state index is 10.9. The number of methoxy groups -OCH3 is 1. The molecule has 13 heavy (non-hydrogen) atoms. The van der Waals surface area contributed by atoms with Crippen molar-refractivity contribution in [2.75, 3.05) is 12.8 Å². The van der Waals surface area contributed by atoms with E-state index in [9.17, 15) is 4.79 Å². The summed E-state index contributed by atoms with van der Waals surface area (Å²) >= 11 is 1.33. The number of aromatic amines is 1. The molecule has 0 fully saturated rings. The highest BCUT2D eigenvalue weighted by molar-refractivity contribution is 7.20. The van der Waals surface area contributed by atoms with Gasteiger partial charge in [-0.3, -0.25) is 4.98 Å². The highest BCUT2D eigenvalue weighted by atomic mass is 32.1. The van der Waals surface area contributed by atoms with E-state index in [0.717, 1.165) is 5.39 Å². The third-order valence-electron chi connectivity index (χ3n) is 1.63. The number of fused-ring (bicyclic) bond motifs is 1. The molecule has 2 heterocycles. The van der Waals surface area contributed by atoms with Crippen LogP contribution in [0.4, 0.5) is 5.82 Å². The molecule has 6 heteroatoms. The van der Waals surface area contributed by atoms with Crippen LogP contribution in [0.2, 0.25) is 0 Å². The fraction of sp³-hybridized carbons (Fsp3) is 0.143. The van der Waals surface area contributed by atoms with Gasteiger partial charge in [-0.15, -0.1) is 0 Å². The quantitative estimate of drug-likeness (QED) is 0.700. The molecule has 0 atom stereocenters. The number of nitrogens with zero attached hydrogens (tertiary/aromatic N) is 1. The van der Waals surface area contributed by atoms with Crippen LogP contribution in [0.5, 0.6) is 5.06 Å². The second-order valence-electron chi connectivity index (χ2n) is 2.44. The summed E-state index contributed by atoms with van der Waals surface area (Å²) in [5, 5.41) is 1.42. The van der Waals surface area contributed by atoms with Gasteiger partial charge in [0.05, 0.1) is 12.5 Å². The number of thiophene rings is 1. The Kier molecular flexibility index (Phi) is 1.70. The second-order valence-corrected chi connectivity index (χ2v) is 3.45. The van der Waals surface area contributed by atoms with E-state index in [0.29, 0.717) is 9.89 Å². The fourth-order valence-electron chi connectivity index (χ4n) is 1.05. The van der Waals surface area contributed by atoms with Crippen molar-refractivity contribution in [2.45, 2.75) is 0 Å². The lowest BCUT2D eigenvalue weighted by Crippen LogP contribution is -2.11. The zero-order valence-corrected chi connectivity index (χ0v) is 7.64. The first kappa shape index (κ1) is 8.06. The van der Waals surface area contributed by atoms with E-state index in [2.05, 4.69) is 9.97 Å². The lowest BCUT2D eigenvalue weighted by molar-refractivity contribution is 0.427. The summed E-state index contributed by atoms with van der Waals surface area (Å²) in [5.41, 5.74) is 5.11. The predicted molar refractivity (Wildman–Crippen MR) is 51.2 cm³/mol. The number of nitrogen functional groups attached to an aromatic ring is 1. The average molecular weight is 197 g/mol. The molecule has 0 aliphatic heterocycles. The van der Waals surface area contributed by atoms with Gasteiger partial charge in [0.15, 0.2) is 5.06 Å². The lowest BCUT2D eigenvalue weighted by Gasteiger charge is -1.90. The van der Waals surface area contributed by atoms with Gasteiger partial charge in [-0.1, -0.05) is 11.3 Å². The van der Waals surface area contributed by atoms with Crippen LogP contribution in [-0.4, -0.2) is 17.1 Å². The van der Waals surface area contributed by atoms with Crippen LogP contribution < -0.4 is 16.2 Å². The summed E-state index contributed by atoms with van der Waals surface area (Å²) in [7, 11) is 1.56. The van der Waals surface area contributed by atoms with Crippen molar-refractivity contribution in [3.8, 4) is 5.06 Å². The average Bonchev–Trinajstić information content (AvgIpc) is 2.47. The van der Waals surface area contributed by atoms with Crippen LogP contribution in [0.15, 0.2) is 10.9 Å². The lowest BCUT2D eigenvalue weighted by atomic mass is 10.4. The minimum atomic E-state index is -0.436. The number of ether oxygens (including phenoxy) is 1. The van der Waals surface area contributed by atoms with E-state index in [1.165, 1.54) is 11.3 Å². The van der Waals surface area contributed by atoms with Gasteiger partial charge in [0.2, 0.25) is 0 Å². The number of nitrogens with two attached hydrogens (primary N) is 1. The van der Waals surface area contributed by atoms with Gasteiger partial charge in [0.1, 0.15) is 10.6 Å². The summed E-state index contributed by atoms with van der Waals surface area (Å²) in [4.78, 5) is 17.8. The molecule has 0 radical (unpaired) electrons. The Balaban J connectivity index is 2.83. The molecule has 0 aliphatic carbocycles. The Hall–Kier alpha value is -1.56. The molecule has 0 saturated carbocycles. The van der Waals surface area contributed by atoms with E-state index in [4.69, 9.17) is 10.5 Å². The Morgan fingerprint density at radius 3 is 3.15 bits per heavy atom. The van der Waals surface area contributed by atoms with Crippen LogP contribution >= 0.6 is 11.3 Å². The van der Waals surface area contributed by atoms with E-state index in [-0.39, 0.29) is 5.82 Å². The molecule has 2 aromatic rings. The molecule has 0 saturated heterocycles. The third kappa shape index (κ3) is 1.25. The molecule has 2 aromatic heterocycles. The molecule has 0 aliphatic rings. The SMILES string of the molecule is COc1cc2c(N)nc(=O)[nH]c2s1. The zero-order chi connectivity index (χ0) is 9.42. The first-order valence-electron chi connectivity index (χ1n) is 3.54. The Bertz CT molecular complexity index is 502. The maximum Gasteiger partial charge on any atom is 0.347 e. The van der Waals surface area contributed by atoms with E-state index < -0.39 is 5.69 Å². The minimum absolute atomic E-state index is 0.235. The van der Waals surface area contributed by atoms with Crippen molar-refractivity contribution in [1.29, 1.82) is 0 Å². The molecule has 0 amide bonds. The number of rotatable bonds is 1. The van der Waals surface area contributed by atoms with Crippen LogP contribution in [0.3, 0.4) is 0 Å². The van der Waals surface area contributed by atoms with Crippen molar-refractivity contribution in [2.24, 2.45) is 0 Å². The Labute approximate surface area is 77.2 Å². The minimum Gasteiger partial charge on any atom is -0.487 e. The van der Waals surface area contributed by atoms with Crippen LogP contribution in [0.1, 0.15) is 0 Å². The highest BCUT2D eigenvalue weighted by Gasteiger charge is 2.06. The molecule has 0 unspecified atom stereocenters. The largest absolute Gasteiger partial charge is 0.487 e. The predicted octanol–water partition coefficient (Wildman–Crippen LogP) is 0.575. The monoisotopic (exact) mass is 197 g/mol. The molecule has 0 bridgehead atoms. The van der Waals surface area contributed by atoms with Crippen molar-refractivity contribution < 1.29 is 4.74 Å². The maximum atomic E-state index is 10.9. The van der Waals surface area contributed by atoms with E-state index in [1.807, 2.05) is 0 Å². The summed E-state index contributed by atoms with van der Waals surface area (Å²) < 4.78 is 5.01. The highest BCUT2D eigenvalue weighted by Crippen LogP contribution is 2.31. The van der Waals surface area contributed by atoms with Crippen molar-refractivity contribution in [3.63, 3.8) is 0 Å². The van der Waals surface area contributed by atoms with Crippen molar-refractivity contribution >= 4 is 27.4 Å². The van der Waals surface area contributed by atoms with Crippen LogP contribution in [0, 0.1) is 0 Å². The van der Waals surface area contributed by atoms with Gasteiger partial charge in [-0.25, -0.2) is 4.79 Å². The third-order valence-corrected chi connectivity index (χ3v) is 2.64. The number of hydrogen-bond donors (Lipinski definition) is 2. The smallest absolute Gasteiger partial charge is 0.347 e.